The maximum Gasteiger partial charge on any atom is 0.330 e. The molecule has 12 heavy (non-hydrogen) atoms. The van der Waals surface area contributed by atoms with Gasteiger partial charge in [-0.15, -0.1) is 12.4 Å². The van der Waals surface area contributed by atoms with Crippen LogP contribution in [0.5, 0.6) is 0 Å². The first-order chi connectivity index (χ1) is 4.91. The van der Waals surface area contributed by atoms with Crippen molar-refractivity contribution in [2.75, 3.05) is 21.1 Å². The number of nitrogens with zero attached hydrogens (tertiary/aromatic N) is 1. The maximum atomic E-state index is 9.86. The van der Waals surface area contributed by atoms with E-state index in [4.69, 9.17) is 5.11 Å². The average Bonchev–Trinajstić information content (AvgIpc) is 1.85. The summed E-state index contributed by atoms with van der Waals surface area (Å²) >= 11 is 0. The molecule has 0 saturated carbocycles. The van der Waals surface area contributed by atoms with Crippen LogP contribution < -0.4 is 0 Å². The van der Waals surface area contributed by atoms with Crippen LogP contribution in [0.4, 0.5) is 0 Å². The van der Waals surface area contributed by atoms with Gasteiger partial charge in [0.05, 0.1) is 0 Å². The Labute approximate surface area is 80.5 Å². The molecule has 74 valence electrons. The number of carboxylic acid groups (broad SMARTS) is 1. The maximum absolute atomic E-state index is 9.86. The molecule has 0 fully saturated rings. The Bertz CT molecular complexity index is 141. The van der Waals surface area contributed by atoms with Gasteiger partial charge in [0, 0.05) is 5.57 Å². The highest BCUT2D eigenvalue weighted by Gasteiger charge is 1.93. The van der Waals surface area contributed by atoms with Crippen molar-refractivity contribution in [1.82, 2.24) is 4.90 Å². The van der Waals surface area contributed by atoms with E-state index in [1.807, 2.05) is 26.0 Å². The molecule has 0 aliphatic carbocycles. The molecule has 0 radical (unpaired) electrons. The minimum Gasteiger partial charge on any atom is -0.478 e. The third-order valence-electron chi connectivity index (χ3n) is 0.770. The summed E-state index contributed by atoms with van der Waals surface area (Å²) in [6.07, 6.45) is 1.56. The van der Waals surface area contributed by atoms with Crippen molar-refractivity contribution in [2.45, 2.75) is 13.8 Å². The molecule has 0 aliphatic heterocycles. The van der Waals surface area contributed by atoms with Gasteiger partial charge in [0.2, 0.25) is 0 Å². The van der Waals surface area contributed by atoms with Crippen molar-refractivity contribution in [1.29, 1.82) is 0 Å². The van der Waals surface area contributed by atoms with Crippen molar-refractivity contribution >= 4 is 18.4 Å². The Kier molecular flexibility index (Phi) is 15.3. The summed E-state index contributed by atoms with van der Waals surface area (Å²) in [6, 6.07) is 0. The van der Waals surface area contributed by atoms with Crippen LogP contribution in [0.2, 0.25) is 0 Å². The SMILES string of the molecule is CC=C(C)C(=O)O.CN(C)C.Cl. The molecular formula is C8H18ClNO2. The molecule has 0 bridgehead atoms. The lowest BCUT2D eigenvalue weighted by molar-refractivity contribution is -0.132. The normalized spacial score (nSPS) is 9.67. The van der Waals surface area contributed by atoms with Gasteiger partial charge in [-0.3, -0.25) is 0 Å². The van der Waals surface area contributed by atoms with E-state index in [2.05, 4.69) is 0 Å². The summed E-state index contributed by atoms with van der Waals surface area (Å²) in [4.78, 5) is 11.9. The fourth-order valence-electron chi connectivity index (χ4n) is 0.123. The van der Waals surface area contributed by atoms with Crippen LogP contribution in [-0.4, -0.2) is 37.1 Å². The van der Waals surface area contributed by atoms with E-state index in [1.165, 1.54) is 0 Å². The number of rotatable bonds is 1. The number of halogens is 1. The molecule has 0 rings (SSSR count). The standard InChI is InChI=1S/C5H8O2.C3H9N.ClH/c1-3-4(2)5(6)7;1-4(2)3;/h3H,1-2H3,(H,6,7);1-3H3;1H. The molecule has 0 saturated heterocycles. The molecule has 0 aromatic heterocycles. The van der Waals surface area contributed by atoms with Gasteiger partial charge in [0.1, 0.15) is 0 Å². The predicted octanol–water partition coefficient (Wildman–Crippen LogP) is 1.64. The van der Waals surface area contributed by atoms with E-state index in [0.29, 0.717) is 5.57 Å². The van der Waals surface area contributed by atoms with Crippen molar-refractivity contribution in [3.05, 3.63) is 11.6 Å². The first-order valence-electron chi connectivity index (χ1n) is 3.39. The van der Waals surface area contributed by atoms with Crippen LogP contribution >= 0.6 is 12.4 Å². The van der Waals surface area contributed by atoms with Gasteiger partial charge in [-0.05, 0) is 35.0 Å². The van der Waals surface area contributed by atoms with Crippen LogP contribution in [-0.2, 0) is 4.79 Å². The van der Waals surface area contributed by atoms with Gasteiger partial charge < -0.3 is 10.0 Å². The number of hydrogen-bond donors (Lipinski definition) is 1. The molecule has 0 aliphatic rings. The fraction of sp³-hybridized carbons (Fsp3) is 0.625. The molecule has 0 aromatic carbocycles. The molecule has 0 unspecified atom stereocenters. The van der Waals surface area contributed by atoms with Crippen molar-refractivity contribution in [2.24, 2.45) is 0 Å². The third-order valence-corrected chi connectivity index (χ3v) is 0.770. The minimum atomic E-state index is -0.845. The van der Waals surface area contributed by atoms with E-state index in [-0.39, 0.29) is 12.4 Å². The Morgan fingerprint density at radius 2 is 1.58 bits per heavy atom. The summed E-state index contributed by atoms with van der Waals surface area (Å²) in [6.45, 7) is 3.26. The molecule has 3 nitrogen and oxygen atoms in total. The van der Waals surface area contributed by atoms with E-state index in [9.17, 15) is 4.79 Å². The van der Waals surface area contributed by atoms with Crippen LogP contribution in [0, 0.1) is 0 Å². The molecule has 0 heterocycles. The zero-order valence-corrected chi connectivity index (χ0v) is 9.10. The molecule has 0 aromatic rings. The highest BCUT2D eigenvalue weighted by molar-refractivity contribution is 5.85. The number of allylic oxidation sites excluding steroid dienone is 1. The molecule has 4 heteroatoms. The zero-order valence-electron chi connectivity index (χ0n) is 8.29. The Balaban J connectivity index is -0.000000142. The monoisotopic (exact) mass is 195 g/mol. The highest BCUT2D eigenvalue weighted by Crippen LogP contribution is 1.87. The first-order valence-corrected chi connectivity index (χ1v) is 3.39. The largest absolute Gasteiger partial charge is 0.478 e. The van der Waals surface area contributed by atoms with Crippen molar-refractivity contribution in [3.8, 4) is 0 Å². The summed E-state index contributed by atoms with van der Waals surface area (Å²) in [5.74, 6) is -0.845. The van der Waals surface area contributed by atoms with Crippen LogP contribution in [0.25, 0.3) is 0 Å². The predicted molar refractivity (Wildman–Crippen MR) is 53.9 cm³/mol. The first kappa shape index (κ1) is 17.5. The van der Waals surface area contributed by atoms with Crippen LogP contribution in [0.1, 0.15) is 13.8 Å². The fourth-order valence-corrected chi connectivity index (χ4v) is 0.123. The molecule has 0 atom stereocenters. The molecular weight excluding hydrogens is 178 g/mol. The van der Waals surface area contributed by atoms with E-state index >= 15 is 0 Å². The second-order valence-electron chi connectivity index (χ2n) is 2.62. The average molecular weight is 196 g/mol. The van der Waals surface area contributed by atoms with Crippen LogP contribution in [0.15, 0.2) is 11.6 Å². The second-order valence-corrected chi connectivity index (χ2v) is 2.62. The van der Waals surface area contributed by atoms with Crippen molar-refractivity contribution in [3.63, 3.8) is 0 Å². The van der Waals surface area contributed by atoms with Gasteiger partial charge in [-0.1, -0.05) is 6.08 Å². The zero-order chi connectivity index (χ0) is 9.44. The smallest absolute Gasteiger partial charge is 0.330 e. The topological polar surface area (TPSA) is 40.5 Å². The lowest BCUT2D eigenvalue weighted by Crippen LogP contribution is -1.99. The van der Waals surface area contributed by atoms with E-state index in [0.717, 1.165) is 0 Å². The highest BCUT2D eigenvalue weighted by atomic mass is 35.5. The lowest BCUT2D eigenvalue weighted by atomic mass is 10.3. The van der Waals surface area contributed by atoms with Gasteiger partial charge in [-0.2, -0.15) is 0 Å². The van der Waals surface area contributed by atoms with Gasteiger partial charge >= 0.3 is 5.97 Å². The van der Waals surface area contributed by atoms with E-state index in [1.54, 1.807) is 19.9 Å². The Hall–Kier alpha value is -0.540. The minimum absolute atomic E-state index is 0. The number of carbonyl (C=O) groups is 1. The number of carboxylic acids is 1. The summed E-state index contributed by atoms with van der Waals surface area (Å²) in [7, 11) is 6.00. The lowest BCUT2D eigenvalue weighted by Gasteiger charge is -1.90. The van der Waals surface area contributed by atoms with Gasteiger partial charge in [0.15, 0.2) is 0 Å². The quantitative estimate of drug-likeness (QED) is 0.647. The molecule has 0 spiro atoms. The summed E-state index contributed by atoms with van der Waals surface area (Å²) < 4.78 is 0. The van der Waals surface area contributed by atoms with Crippen molar-refractivity contribution < 1.29 is 9.90 Å². The van der Waals surface area contributed by atoms with E-state index < -0.39 is 5.97 Å². The summed E-state index contributed by atoms with van der Waals surface area (Å²) in [5, 5.41) is 8.11. The summed E-state index contributed by atoms with van der Waals surface area (Å²) in [5.41, 5.74) is 0.389. The van der Waals surface area contributed by atoms with Gasteiger partial charge in [0.25, 0.3) is 0 Å². The molecule has 1 N–H and O–H groups in total. The Morgan fingerprint density at radius 3 is 1.58 bits per heavy atom. The number of hydrogen-bond acceptors (Lipinski definition) is 2. The van der Waals surface area contributed by atoms with Crippen LogP contribution in [0.3, 0.4) is 0 Å². The second kappa shape index (κ2) is 10.5. The van der Waals surface area contributed by atoms with Gasteiger partial charge in [-0.25, -0.2) is 4.79 Å². The number of aliphatic carboxylic acids is 1. The molecule has 0 amide bonds. The Morgan fingerprint density at radius 1 is 1.33 bits per heavy atom. The third kappa shape index (κ3) is 22.7.